The van der Waals surface area contributed by atoms with E-state index in [4.69, 9.17) is 9.15 Å². The van der Waals surface area contributed by atoms with Crippen molar-refractivity contribution in [2.75, 3.05) is 33.8 Å². The first kappa shape index (κ1) is 22.9. The Hall–Kier alpha value is -3.32. The number of aromatic nitrogens is 1. The van der Waals surface area contributed by atoms with E-state index >= 15 is 0 Å². The molecular weight excluding hydrogens is 414 g/mol. The van der Waals surface area contributed by atoms with E-state index in [1.54, 1.807) is 20.4 Å². The monoisotopic (exact) mass is 447 g/mol. The smallest absolute Gasteiger partial charge is 0.226 e. The van der Waals surface area contributed by atoms with Gasteiger partial charge in [-0.2, -0.15) is 0 Å². The van der Waals surface area contributed by atoms with Gasteiger partial charge in [0.05, 0.1) is 25.4 Å². The number of nitrogens with zero attached hydrogens (tertiary/aromatic N) is 3. The molecule has 1 atom stereocenters. The van der Waals surface area contributed by atoms with Crippen molar-refractivity contribution in [3.05, 3.63) is 71.6 Å². The van der Waals surface area contributed by atoms with Crippen molar-refractivity contribution >= 4 is 5.96 Å². The lowest BCUT2D eigenvalue weighted by atomic mass is 10.0. The van der Waals surface area contributed by atoms with Crippen molar-refractivity contribution in [1.82, 2.24) is 20.5 Å². The normalized spacial score (nSPS) is 15.4. The number of para-hydroxylation sites is 1. The molecule has 2 N–H and O–H groups in total. The van der Waals surface area contributed by atoms with E-state index < -0.39 is 0 Å². The zero-order valence-electron chi connectivity index (χ0n) is 19.7. The minimum absolute atomic E-state index is 0.211. The summed E-state index contributed by atoms with van der Waals surface area (Å²) in [4.78, 5) is 11.5. The van der Waals surface area contributed by atoms with Gasteiger partial charge in [-0.3, -0.25) is 9.89 Å². The average Bonchev–Trinajstić information content (AvgIpc) is 3.55. The molecule has 1 aliphatic rings. The van der Waals surface area contributed by atoms with Crippen LogP contribution in [-0.2, 0) is 6.54 Å². The van der Waals surface area contributed by atoms with Crippen molar-refractivity contribution in [3.8, 4) is 17.2 Å². The van der Waals surface area contributed by atoms with Gasteiger partial charge in [0, 0.05) is 24.7 Å². The van der Waals surface area contributed by atoms with Crippen molar-refractivity contribution in [1.29, 1.82) is 0 Å². The first-order valence-electron chi connectivity index (χ1n) is 11.5. The van der Waals surface area contributed by atoms with Crippen LogP contribution in [0.1, 0.15) is 35.7 Å². The molecule has 4 rings (SSSR count). The largest absolute Gasteiger partial charge is 0.496 e. The van der Waals surface area contributed by atoms with Gasteiger partial charge < -0.3 is 19.8 Å². The number of guanidine groups is 1. The predicted molar refractivity (Wildman–Crippen MR) is 131 cm³/mol. The summed E-state index contributed by atoms with van der Waals surface area (Å²) in [6, 6.07) is 16.6. The number of rotatable bonds is 8. The second-order valence-corrected chi connectivity index (χ2v) is 8.32. The summed E-state index contributed by atoms with van der Waals surface area (Å²) in [5.41, 5.74) is 4.21. The number of methoxy groups -OCH3 is 1. The number of oxazole rings is 1. The fraction of sp³-hybridized carbons (Fsp3) is 0.385. The third kappa shape index (κ3) is 5.73. The van der Waals surface area contributed by atoms with Crippen LogP contribution in [0.5, 0.6) is 5.75 Å². The second-order valence-electron chi connectivity index (χ2n) is 8.32. The Labute approximate surface area is 195 Å². The van der Waals surface area contributed by atoms with Crippen LogP contribution < -0.4 is 15.4 Å². The molecule has 174 valence electrons. The molecule has 0 aliphatic carbocycles. The van der Waals surface area contributed by atoms with Crippen LogP contribution in [0.25, 0.3) is 11.5 Å². The lowest BCUT2D eigenvalue weighted by Crippen LogP contribution is -2.42. The van der Waals surface area contributed by atoms with Crippen molar-refractivity contribution < 1.29 is 9.15 Å². The molecule has 1 fully saturated rings. The number of ether oxygens (including phenoxy) is 1. The Morgan fingerprint density at radius 1 is 1.12 bits per heavy atom. The molecule has 1 saturated heterocycles. The number of benzene rings is 2. The first-order valence-corrected chi connectivity index (χ1v) is 11.5. The van der Waals surface area contributed by atoms with Crippen molar-refractivity contribution in [2.24, 2.45) is 4.99 Å². The summed E-state index contributed by atoms with van der Waals surface area (Å²) in [5, 5.41) is 6.85. The fourth-order valence-corrected chi connectivity index (χ4v) is 4.24. The van der Waals surface area contributed by atoms with Crippen LogP contribution in [0.3, 0.4) is 0 Å². The SMILES string of the molecule is CN=C(NCc1coc(-c2ccc(C)cc2)n1)NCC(c1ccccc1OC)N1CCCC1. The summed E-state index contributed by atoms with van der Waals surface area (Å²) in [7, 11) is 3.51. The molecule has 1 aliphatic heterocycles. The Morgan fingerprint density at radius 3 is 2.61 bits per heavy atom. The second kappa shape index (κ2) is 11.0. The molecule has 0 amide bonds. The first-order chi connectivity index (χ1) is 16.2. The van der Waals surface area contributed by atoms with Gasteiger partial charge in [-0.15, -0.1) is 0 Å². The highest BCUT2D eigenvalue weighted by atomic mass is 16.5. The van der Waals surface area contributed by atoms with Crippen LogP contribution in [0.2, 0.25) is 0 Å². The molecule has 0 spiro atoms. The van der Waals surface area contributed by atoms with Crippen LogP contribution in [0, 0.1) is 6.92 Å². The quantitative estimate of drug-likeness (QED) is 0.399. The lowest BCUT2D eigenvalue weighted by molar-refractivity contribution is 0.239. The number of aliphatic imine (C=N–C) groups is 1. The molecule has 3 aromatic rings. The Balaban J connectivity index is 1.38. The summed E-state index contributed by atoms with van der Waals surface area (Å²) in [5.74, 6) is 2.28. The Bertz CT molecular complexity index is 1050. The Morgan fingerprint density at radius 2 is 1.88 bits per heavy atom. The van der Waals surface area contributed by atoms with Gasteiger partial charge in [-0.05, 0) is 51.1 Å². The standard InChI is InChI=1S/C26H33N5O2/c1-19-10-12-20(13-11-19)25-30-21(18-33-25)16-28-26(27-2)29-17-23(31-14-6-7-15-31)22-8-4-5-9-24(22)32-3/h4-5,8-13,18,23H,6-7,14-17H2,1-3H3,(H2,27,28,29). The predicted octanol–water partition coefficient (Wildman–Crippen LogP) is 4.16. The summed E-state index contributed by atoms with van der Waals surface area (Å²) in [6.07, 6.45) is 4.15. The van der Waals surface area contributed by atoms with Gasteiger partial charge in [-0.25, -0.2) is 4.98 Å². The van der Waals surface area contributed by atoms with E-state index in [1.807, 2.05) is 24.3 Å². The third-order valence-corrected chi connectivity index (χ3v) is 6.05. The van der Waals surface area contributed by atoms with Gasteiger partial charge in [0.1, 0.15) is 12.0 Å². The van der Waals surface area contributed by atoms with Crippen molar-refractivity contribution in [3.63, 3.8) is 0 Å². The van der Waals surface area contributed by atoms with Gasteiger partial charge in [0.15, 0.2) is 5.96 Å². The number of hydrogen-bond donors (Lipinski definition) is 2. The summed E-state index contributed by atoms with van der Waals surface area (Å²) in [6.45, 7) is 5.51. The molecule has 0 bridgehead atoms. The van der Waals surface area contributed by atoms with Crippen LogP contribution in [0.4, 0.5) is 0 Å². The third-order valence-electron chi connectivity index (χ3n) is 6.05. The maximum atomic E-state index is 5.67. The summed E-state index contributed by atoms with van der Waals surface area (Å²) >= 11 is 0. The van der Waals surface area contributed by atoms with E-state index in [1.165, 1.54) is 24.0 Å². The fourth-order valence-electron chi connectivity index (χ4n) is 4.24. The van der Waals surface area contributed by atoms with Gasteiger partial charge >= 0.3 is 0 Å². The van der Waals surface area contributed by atoms with Gasteiger partial charge in [0.25, 0.3) is 0 Å². The van der Waals surface area contributed by atoms with E-state index in [9.17, 15) is 0 Å². The maximum Gasteiger partial charge on any atom is 0.226 e. The van der Waals surface area contributed by atoms with Crippen LogP contribution >= 0.6 is 0 Å². The van der Waals surface area contributed by atoms with E-state index in [0.717, 1.165) is 42.6 Å². The van der Waals surface area contributed by atoms with Gasteiger partial charge in [0.2, 0.25) is 5.89 Å². The minimum Gasteiger partial charge on any atom is -0.496 e. The molecule has 33 heavy (non-hydrogen) atoms. The van der Waals surface area contributed by atoms with Gasteiger partial charge in [-0.1, -0.05) is 35.9 Å². The van der Waals surface area contributed by atoms with Crippen LogP contribution in [0.15, 0.2) is 64.2 Å². The highest BCUT2D eigenvalue weighted by molar-refractivity contribution is 5.79. The topological polar surface area (TPSA) is 74.9 Å². The van der Waals surface area contributed by atoms with E-state index in [-0.39, 0.29) is 6.04 Å². The number of hydrogen-bond acceptors (Lipinski definition) is 5. The highest BCUT2D eigenvalue weighted by Crippen LogP contribution is 2.31. The molecule has 1 aromatic heterocycles. The number of aryl methyl sites for hydroxylation is 1. The Kier molecular flexibility index (Phi) is 7.62. The number of nitrogens with one attached hydrogen (secondary N) is 2. The maximum absolute atomic E-state index is 5.67. The average molecular weight is 448 g/mol. The number of likely N-dealkylation sites (tertiary alicyclic amines) is 1. The van der Waals surface area contributed by atoms with E-state index in [2.05, 4.69) is 56.7 Å². The molecular formula is C26H33N5O2. The lowest BCUT2D eigenvalue weighted by Gasteiger charge is -2.30. The molecule has 0 saturated carbocycles. The highest BCUT2D eigenvalue weighted by Gasteiger charge is 2.26. The minimum atomic E-state index is 0.211. The zero-order valence-corrected chi connectivity index (χ0v) is 19.7. The molecule has 2 heterocycles. The zero-order chi connectivity index (χ0) is 23.0. The van der Waals surface area contributed by atoms with Crippen LogP contribution in [-0.4, -0.2) is 49.6 Å². The molecule has 1 unspecified atom stereocenters. The van der Waals surface area contributed by atoms with Crippen molar-refractivity contribution in [2.45, 2.75) is 32.4 Å². The van der Waals surface area contributed by atoms with E-state index in [0.29, 0.717) is 12.4 Å². The summed E-state index contributed by atoms with van der Waals surface area (Å²) < 4.78 is 11.3. The molecule has 2 aromatic carbocycles. The molecule has 7 nitrogen and oxygen atoms in total. The molecule has 0 radical (unpaired) electrons. The molecule has 7 heteroatoms.